The first-order valence-electron chi connectivity index (χ1n) is 10.3. The minimum absolute atomic E-state index is 0.00223. The second kappa shape index (κ2) is 10.2. The summed E-state index contributed by atoms with van der Waals surface area (Å²) in [5.41, 5.74) is 0.888. The van der Waals surface area contributed by atoms with E-state index < -0.39 is 16.1 Å². The van der Waals surface area contributed by atoms with Gasteiger partial charge in [-0.1, -0.05) is 32.9 Å². The summed E-state index contributed by atoms with van der Waals surface area (Å²) in [7, 11) is -3.71. The first-order valence-corrected chi connectivity index (χ1v) is 11.8. The van der Waals surface area contributed by atoms with Crippen LogP contribution < -0.4 is 15.8 Å². The van der Waals surface area contributed by atoms with Crippen molar-refractivity contribution in [2.45, 2.75) is 63.8 Å². The average molecular weight is 424 g/mol. The van der Waals surface area contributed by atoms with E-state index in [0.29, 0.717) is 18.9 Å². The number of carbonyl (C=O) groups excluding carboxylic acids is 2. The lowest BCUT2D eigenvalue weighted by molar-refractivity contribution is -0.132. The van der Waals surface area contributed by atoms with Crippen LogP contribution in [0.4, 0.5) is 0 Å². The van der Waals surface area contributed by atoms with Gasteiger partial charge in [0.25, 0.3) is 0 Å². The van der Waals surface area contributed by atoms with Gasteiger partial charge in [0, 0.05) is 12.5 Å². The van der Waals surface area contributed by atoms with Crippen molar-refractivity contribution in [3.63, 3.8) is 0 Å². The molecule has 0 radical (unpaired) electrons. The maximum Gasteiger partial charge on any atom is 0.242 e. The van der Waals surface area contributed by atoms with E-state index in [9.17, 15) is 18.0 Å². The molecule has 8 heteroatoms. The number of primary sulfonamides is 1. The second-order valence-corrected chi connectivity index (χ2v) is 9.98. The Balaban J connectivity index is 1.85. The molecule has 7 nitrogen and oxygen atoms in total. The molecule has 1 aliphatic carbocycles. The van der Waals surface area contributed by atoms with Crippen molar-refractivity contribution in [3.05, 3.63) is 29.8 Å². The van der Waals surface area contributed by atoms with Crippen LogP contribution in [-0.2, 0) is 26.0 Å². The molecule has 0 heterocycles. The van der Waals surface area contributed by atoms with Crippen LogP contribution in [0.2, 0.25) is 0 Å². The summed E-state index contributed by atoms with van der Waals surface area (Å²) >= 11 is 0. The van der Waals surface area contributed by atoms with E-state index in [4.69, 9.17) is 5.14 Å². The number of nitrogens with one attached hydrogen (secondary N) is 2. The van der Waals surface area contributed by atoms with Crippen LogP contribution in [0.3, 0.4) is 0 Å². The Bertz CT molecular complexity index is 798. The van der Waals surface area contributed by atoms with Gasteiger partial charge in [0.15, 0.2) is 0 Å². The van der Waals surface area contributed by atoms with Crippen LogP contribution in [0, 0.1) is 17.8 Å². The Labute approximate surface area is 173 Å². The third-order valence-corrected chi connectivity index (χ3v) is 6.53. The first-order chi connectivity index (χ1) is 13.6. The van der Waals surface area contributed by atoms with E-state index in [-0.39, 0.29) is 28.5 Å². The second-order valence-electron chi connectivity index (χ2n) is 8.42. The molecule has 0 spiro atoms. The molecule has 2 rings (SSSR count). The van der Waals surface area contributed by atoms with Crippen LogP contribution in [0.1, 0.15) is 52.0 Å². The number of hydrogen-bond acceptors (Lipinski definition) is 4. The van der Waals surface area contributed by atoms with Gasteiger partial charge in [-0.05, 0) is 61.6 Å². The van der Waals surface area contributed by atoms with Gasteiger partial charge in [-0.25, -0.2) is 13.6 Å². The Morgan fingerprint density at radius 1 is 1.10 bits per heavy atom. The normalized spacial score (nSPS) is 20.9. The molecule has 29 heavy (non-hydrogen) atoms. The average Bonchev–Trinajstić information content (AvgIpc) is 2.65. The van der Waals surface area contributed by atoms with Gasteiger partial charge in [-0.2, -0.15) is 0 Å². The van der Waals surface area contributed by atoms with Crippen LogP contribution in [0.15, 0.2) is 29.2 Å². The molecule has 0 saturated heterocycles. The minimum Gasteiger partial charge on any atom is -0.354 e. The van der Waals surface area contributed by atoms with Gasteiger partial charge in [-0.3, -0.25) is 9.59 Å². The topological polar surface area (TPSA) is 118 Å². The molecular weight excluding hydrogens is 390 g/mol. The fourth-order valence-electron chi connectivity index (χ4n) is 3.61. The van der Waals surface area contributed by atoms with Crippen LogP contribution in [-0.4, -0.2) is 32.8 Å². The Morgan fingerprint density at radius 2 is 1.69 bits per heavy atom. The fourth-order valence-corrected chi connectivity index (χ4v) is 4.13. The highest BCUT2D eigenvalue weighted by molar-refractivity contribution is 7.89. The summed E-state index contributed by atoms with van der Waals surface area (Å²) in [5.74, 6) is 0.429. The Hall–Kier alpha value is -1.93. The van der Waals surface area contributed by atoms with Crippen molar-refractivity contribution in [1.29, 1.82) is 0 Å². The molecule has 1 aliphatic rings. The SMILES string of the molecule is CC1CCC(C(=O)N[C@@H](C(=O)NCCc2ccc(S(N)(=O)=O)cc2)C(C)C)CC1. The number of rotatable bonds is 8. The molecule has 4 N–H and O–H groups in total. The Morgan fingerprint density at radius 3 is 2.21 bits per heavy atom. The smallest absolute Gasteiger partial charge is 0.242 e. The maximum atomic E-state index is 12.6. The molecule has 1 aromatic rings. The molecule has 0 unspecified atom stereocenters. The lowest BCUT2D eigenvalue weighted by Crippen LogP contribution is -2.51. The van der Waals surface area contributed by atoms with E-state index in [0.717, 1.165) is 31.2 Å². The highest BCUT2D eigenvalue weighted by Crippen LogP contribution is 2.28. The number of carbonyl (C=O) groups is 2. The van der Waals surface area contributed by atoms with Crippen molar-refractivity contribution >= 4 is 21.8 Å². The fraction of sp³-hybridized carbons (Fsp3) is 0.619. The van der Waals surface area contributed by atoms with E-state index in [1.54, 1.807) is 12.1 Å². The van der Waals surface area contributed by atoms with E-state index in [2.05, 4.69) is 17.6 Å². The maximum absolute atomic E-state index is 12.6. The quantitative estimate of drug-likeness (QED) is 0.592. The standard InChI is InChI=1S/C21H33N3O4S/c1-14(2)19(24-20(25)17-8-4-15(3)5-9-17)21(26)23-13-12-16-6-10-18(11-7-16)29(22,27)28/h6-7,10-11,14-15,17,19H,4-5,8-9,12-13H2,1-3H3,(H,23,26)(H,24,25)(H2,22,27,28)/t15?,17?,19-/m1/s1. The minimum atomic E-state index is -3.71. The number of sulfonamides is 1. The first kappa shape index (κ1) is 23.3. The third kappa shape index (κ3) is 7.12. The number of amides is 2. The predicted octanol–water partition coefficient (Wildman–Crippen LogP) is 1.96. The number of benzene rings is 1. The monoisotopic (exact) mass is 423 g/mol. The molecule has 1 aromatic carbocycles. The predicted molar refractivity (Wildman–Crippen MR) is 112 cm³/mol. The lowest BCUT2D eigenvalue weighted by Gasteiger charge is -2.28. The van der Waals surface area contributed by atoms with Gasteiger partial charge in [0.05, 0.1) is 4.90 Å². The molecular formula is C21H33N3O4S. The summed E-state index contributed by atoms with van der Waals surface area (Å²) in [6, 6.07) is 5.70. The number of nitrogens with two attached hydrogens (primary N) is 1. The van der Waals surface area contributed by atoms with Gasteiger partial charge >= 0.3 is 0 Å². The zero-order valence-corrected chi connectivity index (χ0v) is 18.3. The molecule has 0 aromatic heterocycles. The molecule has 0 bridgehead atoms. The van der Waals surface area contributed by atoms with E-state index >= 15 is 0 Å². The Kier molecular flexibility index (Phi) is 8.22. The third-order valence-electron chi connectivity index (χ3n) is 5.60. The van der Waals surface area contributed by atoms with Gasteiger partial charge in [0.1, 0.15) is 6.04 Å². The largest absolute Gasteiger partial charge is 0.354 e. The van der Waals surface area contributed by atoms with Gasteiger partial charge in [0.2, 0.25) is 21.8 Å². The van der Waals surface area contributed by atoms with Crippen molar-refractivity contribution in [2.24, 2.45) is 22.9 Å². The highest BCUT2D eigenvalue weighted by atomic mass is 32.2. The molecule has 162 valence electrons. The summed E-state index contributed by atoms with van der Waals surface area (Å²) < 4.78 is 22.6. The van der Waals surface area contributed by atoms with Crippen molar-refractivity contribution in [2.75, 3.05) is 6.54 Å². The molecule has 0 aliphatic heterocycles. The van der Waals surface area contributed by atoms with E-state index in [1.807, 2.05) is 13.8 Å². The van der Waals surface area contributed by atoms with Crippen molar-refractivity contribution < 1.29 is 18.0 Å². The van der Waals surface area contributed by atoms with E-state index in [1.165, 1.54) is 12.1 Å². The summed E-state index contributed by atoms with van der Waals surface area (Å²) in [5, 5.41) is 10.9. The van der Waals surface area contributed by atoms with Crippen LogP contribution in [0.5, 0.6) is 0 Å². The lowest BCUT2D eigenvalue weighted by atomic mass is 9.82. The number of hydrogen-bond donors (Lipinski definition) is 3. The van der Waals surface area contributed by atoms with Crippen molar-refractivity contribution in [3.8, 4) is 0 Å². The zero-order valence-electron chi connectivity index (χ0n) is 17.5. The summed E-state index contributed by atoms with van der Waals surface area (Å²) in [4.78, 5) is 25.3. The summed E-state index contributed by atoms with van der Waals surface area (Å²) in [6.07, 6.45) is 4.43. The molecule has 1 fully saturated rings. The van der Waals surface area contributed by atoms with Crippen LogP contribution >= 0.6 is 0 Å². The molecule has 2 amide bonds. The summed E-state index contributed by atoms with van der Waals surface area (Å²) in [6.45, 7) is 6.44. The molecule has 1 atom stereocenters. The molecule has 1 saturated carbocycles. The highest BCUT2D eigenvalue weighted by Gasteiger charge is 2.29. The van der Waals surface area contributed by atoms with Gasteiger partial charge < -0.3 is 10.6 Å². The zero-order chi connectivity index (χ0) is 21.6. The van der Waals surface area contributed by atoms with Crippen molar-refractivity contribution in [1.82, 2.24) is 10.6 Å². The van der Waals surface area contributed by atoms with Gasteiger partial charge in [-0.15, -0.1) is 0 Å². The van der Waals surface area contributed by atoms with Crippen LogP contribution in [0.25, 0.3) is 0 Å².